The zero-order valence-electron chi connectivity index (χ0n) is 13.1. The van der Waals surface area contributed by atoms with Gasteiger partial charge in [-0.25, -0.2) is 14.6 Å². The molecule has 0 atom stereocenters. The topological polar surface area (TPSA) is 179 Å². The molecule has 0 radical (unpaired) electrons. The number of halogens is 4. The minimum Gasteiger partial charge on any atom is -0.450 e. The molecule has 0 saturated carbocycles. The molecule has 0 amide bonds. The highest BCUT2D eigenvalue weighted by molar-refractivity contribution is 5.85. The van der Waals surface area contributed by atoms with E-state index in [1.165, 1.54) is 24.4 Å². The van der Waals surface area contributed by atoms with Gasteiger partial charge in [-0.1, -0.05) is 0 Å². The Balaban J connectivity index is 0. The van der Waals surface area contributed by atoms with Crippen molar-refractivity contribution in [1.82, 2.24) is 9.97 Å². The van der Waals surface area contributed by atoms with Gasteiger partial charge in [0.1, 0.15) is 5.82 Å². The zero-order chi connectivity index (χ0) is 20.3. The van der Waals surface area contributed by atoms with Crippen LogP contribution in [0, 0.1) is 0 Å². The lowest BCUT2D eigenvalue weighted by molar-refractivity contribution is -0.137. The molecule has 7 N–H and O–H groups in total. The predicted molar refractivity (Wildman–Crippen MR) is 89.7 cm³/mol. The van der Waals surface area contributed by atoms with Crippen LogP contribution >= 0.6 is 12.4 Å². The molecule has 0 saturated heterocycles. The predicted octanol–water partition coefficient (Wildman–Crippen LogP) is 3.69. The van der Waals surface area contributed by atoms with E-state index < -0.39 is 24.1 Å². The quantitative estimate of drug-likeness (QED) is 0.424. The van der Waals surface area contributed by atoms with E-state index in [9.17, 15) is 13.2 Å². The Hall–Kier alpha value is -3.48. The number of nitrogens with one attached hydrogen (secondary N) is 1. The van der Waals surface area contributed by atoms with Crippen molar-refractivity contribution in [3.05, 3.63) is 42.1 Å². The summed E-state index contributed by atoms with van der Waals surface area (Å²) in [6, 6.07) is 6.08. The number of alkyl halides is 3. The fourth-order valence-electron chi connectivity index (χ4n) is 1.30. The van der Waals surface area contributed by atoms with Crippen molar-refractivity contribution in [3.8, 4) is 0 Å². The molecule has 0 unspecified atom stereocenters. The van der Waals surface area contributed by atoms with Crippen LogP contribution in [-0.4, -0.2) is 42.7 Å². The van der Waals surface area contributed by atoms with Gasteiger partial charge in [-0.05, 0) is 30.3 Å². The first-order valence-electron chi connectivity index (χ1n) is 6.28. The van der Waals surface area contributed by atoms with Crippen LogP contribution < -0.4 is 11.1 Å². The molecule has 0 bridgehead atoms. The summed E-state index contributed by atoms with van der Waals surface area (Å²) in [5.41, 5.74) is 5.20. The third-order valence-electron chi connectivity index (χ3n) is 2.15. The van der Waals surface area contributed by atoms with Crippen LogP contribution in [0.3, 0.4) is 0 Å². The van der Waals surface area contributed by atoms with Crippen LogP contribution in [0.4, 0.5) is 40.2 Å². The average Bonchev–Trinajstić information content (AvgIpc) is 2.45. The number of nitrogen functional groups attached to an aromatic ring is 1. The molecule has 27 heavy (non-hydrogen) atoms. The van der Waals surface area contributed by atoms with E-state index in [0.29, 0.717) is 5.69 Å². The first-order chi connectivity index (χ1) is 11.9. The Labute approximate surface area is 155 Å². The highest BCUT2D eigenvalue weighted by Crippen LogP contribution is 2.30. The van der Waals surface area contributed by atoms with Crippen molar-refractivity contribution in [3.63, 3.8) is 0 Å². The maximum Gasteiger partial charge on any atom is 0.503 e. The fourth-order valence-corrected chi connectivity index (χ4v) is 1.30. The largest absolute Gasteiger partial charge is 0.503 e. The molecular weight excluding hydrogens is 401 g/mol. The summed E-state index contributed by atoms with van der Waals surface area (Å²) in [5.74, 6) is 0.508. The summed E-state index contributed by atoms with van der Waals surface area (Å²) < 4.78 is 37.0. The summed E-state index contributed by atoms with van der Waals surface area (Å²) in [5, 5.41) is 30.6. The summed E-state index contributed by atoms with van der Waals surface area (Å²) in [7, 11) is 0. The third-order valence-corrected chi connectivity index (χ3v) is 2.15. The Morgan fingerprint density at radius 1 is 0.963 bits per heavy atom. The normalized spacial score (nSPS) is 9.30. The van der Waals surface area contributed by atoms with Crippen LogP contribution in [0.1, 0.15) is 5.56 Å². The lowest BCUT2D eigenvalue weighted by Crippen LogP contribution is -2.05. The van der Waals surface area contributed by atoms with Crippen LogP contribution in [0.15, 0.2) is 36.5 Å². The number of carboxylic acid groups (broad SMARTS) is 4. The van der Waals surface area contributed by atoms with Crippen molar-refractivity contribution in [2.75, 3.05) is 11.1 Å². The molecule has 1 heterocycles. The van der Waals surface area contributed by atoms with Gasteiger partial charge in [0.25, 0.3) is 0 Å². The number of rotatable bonds is 2. The average molecular weight is 415 g/mol. The molecule has 1 aromatic heterocycles. The van der Waals surface area contributed by atoms with Gasteiger partial charge < -0.3 is 31.5 Å². The molecule has 0 aliphatic rings. The number of benzene rings is 1. The van der Waals surface area contributed by atoms with E-state index in [-0.39, 0.29) is 24.2 Å². The van der Waals surface area contributed by atoms with Crippen molar-refractivity contribution in [2.45, 2.75) is 6.18 Å². The molecule has 0 fully saturated rings. The molecule has 0 aliphatic heterocycles. The van der Waals surface area contributed by atoms with E-state index in [1.54, 1.807) is 0 Å². The van der Waals surface area contributed by atoms with Crippen molar-refractivity contribution >= 4 is 42.2 Å². The number of hydrogen-bond donors (Lipinski definition) is 6. The van der Waals surface area contributed by atoms with Gasteiger partial charge >= 0.3 is 18.5 Å². The van der Waals surface area contributed by atoms with Gasteiger partial charge in [-0.15, -0.1) is 12.4 Å². The van der Waals surface area contributed by atoms with Gasteiger partial charge in [0.05, 0.1) is 5.56 Å². The number of nitrogens with zero attached hydrogens (tertiary/aromatic N) is 2. The van der Waals surface area contributed by atoms with Gasteiger partial charge in [-0.3, -0.25) is 0 Å². The van der Waals surface area contributed by atoms with Crippen molar-refractivity contribution in [1.29, 1.82) is 0 Å². The minimum absolute atomic E-state index is 0. The lowest BCUT2D eigenvalue weighted by atomic mass is 10.2. The molecule has 14 heteroatoms. The van der Waals surface area contributed by atoms with E-state index in [2.05, 4.69) is 15.3 Å². The Kier molecular flexibility index (Phi) is 11.4. The Morgan fingerprint density at radius 2 is 1.41 bits per heavy atom. The summed E-state index contributed by atoms with van der Waals surface area (Å²) in [4.78, 5) is 24.9. The van der Waals surface area contributed by atoms with E-state index in [4.69, 9.17) is 35.7 Å². The second kappa shape index (κ2) is 12.0. The Morgan fingerprint density at radius 3 is 1.78 bits per heavy atom. The standard InChI is InChI=1S/C11H9F3N4.2CH2O3.ClH/c12-11(13,14)7-1-3-8(4-2-7)17-10-16-6-5-9(15)18-10;2*2-1(3)4;/h1-6H,(H3,15,16,17,18);2*(H2,2,3,4);1H. The van der Waals surface area contributed by atoms with Crippen LogP contribution in [-0.2, 0) is 6.18 Å². The highest BCUT2D eigenvalue weighted by atomic mass is 35.5. The third kappa shape index (κ3) is 13.5. The SMILES string of the molecule is Cl.Nc1ccnc(Nc2ccc(C(F)(F)F)cc2)n1.O=C(O)O.O=C(O)O. The zero-order valence-corrected chi connectivity index (χ0v) is 13.9. The van der Waals surface area contributed by atoms with Crippen LogP contribution in [0.25, 0.3) is 0 Å². The number of nitrogens with two attached hydrogens (primary N) is 1. The number of aromatic nitrogens is 2. The molecule has 150 valence electrons. The van der Waals surface area contributed by atoms with Crippen LogP contribution in [0.5, 0.6) is 0 Å². The molecule has 0 aliphatic carbocycles. The second-order valence-corrected chi connectivity index (χ2v) is 4.07. The van der Waals surface area contributed by atoms with Gasteiger partial charge in [0, 0.05) is 11.9 Å². The summed E-state index contributed by atoms with van der Waals surface area (Å²) >= 11 is 0. The lowest BCUT2D eigenvalue weighted by Gasteiger charge is -2.08. The Bertz CT molecular complexity index is 711. The summed E-state index contributed by atoms with van der Waals surface area (Å²) in [6.45, 7) is 0. The van der Waals surface area contributed by atoms with E-state index in [1.807, 2.05) is 0 Å². The van der Waals surface area contributed by atoms with E-state index >= 15 is 0 Å². The van der Waals surface area contributed by atoms with Gasteiger partial charge in [-0.2, -0.15) is 18.2 Å². The first kappa shape index (κ1) is 25.8. The smallest absolute Gasteiger partial charge is 0.450 e. The minimum atomic E-state index is -4.34. The van der Waals surface area contributed by atoms with Gasteiger partial charge in [0.15, 0.2) is 0 Å². The van der Waals surface area contributed by atoms with Crippen LogP contribution in [0.2, 0.25) is 0 Å². The maximum absolute atomic E-state index is 12.3. The monoisotopic (exact) mass is 414 g/mol. The maximum atomic E-state index is 12.3. The second-order valence-electron chi connectivity index (χ2n) is 4.07. The van der Waals surface area contributed by atoms with E-state index in [0.717, 1.165) is 12.1 Å². The van der Waals surface area contributed by atoms with Crippen molar-refractivity contribution < 1.29 is 43.2 Å². The fraction of sp³-hybridized carbons (Fsp3) is 0.0769. The molecule has 0 spiro atoms. The first-order valence-corrected chi connectivity index (χ1v) is 6.28. The number of hydrogen-bond acceptors (Lipinski definition) is 6. The molecule has 1 aromatic carbocycles. The summed E-state index contributed by atoms with van der Waals surface area (Å²) in [6.07, 6.45) is -6.55. The van der Waals surface area contributed by atoms with Gasteiger partial charge in [0.2, 0.25) is 5.95 Å². The number of anilines is 3. The van der Waals surface area contributed by atoms with Crippen molar-refractivity contribution in [2.24, 2.45) is 0 Å². The molecule has 10 nitrogen and oxygen atoms in total. The highest BCUT2D eigenvalue weighted by Gasteiger charge is 2.29. The molecular formula is C13H14ClF3N4O6. The molecule has 2 aromatic rings. The number of carbonyl (C=O) groups is 2. The molecule has 2 rings (SSSR count).